The Kier molecular flexibility index (Phi) is 3.71. The predicted molar refractivity (Wildman–Crippen MR) is 102 cm³/mol. The highest BCUT2D eigenvalue weighted by molar-refractivity contribution is 7.22. The largest absolute Gasteiger partial charge is 0.390 e. The number of nitrogens with zero attached hydrogens (tertiary/aromatic N) is 1. The molecule has 4 aromatic rings. The monoisotopic (exact) mass is 346 g/mol. The van der Waals surface area contributed by atoms with Gasteiger partial charge in [0.25, 0.3) is 5.56 Å². The van der Waals surface area contributed by atoms with Gasteiger partial charge in [0, 0.05) is 17.0 Å². The molecule has 25 heavy (non-hydrogen) atoms. The van der Waals surface area contributed by atoms with E-state index in [1.54, 1.807) is 22.8 Å². The van der Waals surface area contributed by atoms with Crippen LogP contribution in [0.2, 0.25) is 0 Å². The van der Waals surface area contributed by atoms with Gasteiger partial charge in [0.15, 0.2) is 5.78 Å². The Morgan fingerprint density at radius 2 is 1.52 bits per heavy atom. The molecule has 0 saturated heterocycles. The van der Waals surface area contributed by atoms with E-state index in [1.807, 2.05) is 48.5 Å². The summed E-state index contributed by atoms with van der Waals surface area (Å²) in [6.07, 6.45) is 0. The lowest BCUT2D eigenvalue weighted by atomic mass is 10.0. The van der Waals surface area contributed by atoms with E-state index >= 15 is 0 Å². The van der Waals surface area contributed by atoms with Crippen LogP contribution in [-0.4, -0.2) is 10.4 Å². The number of thiophene rings is 1. The molecule has 0 bridgehead atoms. The second kappa shape index (κ2) is 6.03. The molecule has 4 nitrogen and oxygen atoms in total. The molecule has 0 fully saturated rings. The van der Waals surface area contributed by atoms with Crippen molar-refractivity contribution in [1.29, 1.82) is 0 Å². The number of carbonyl (C=O) groups excluding carboxylic acids is 1. The van der Waals surface area contributed by atoms with Gasteiger partial charge in [-0.2, -0.15) is 0 Å². The summed E-state index contributed by atoms with van der Waals surface area (Å²) in [4.78, 5) is 26.0. The van der Waals surface area contributed by atoms with Gasteiger partial charge < -0.3 is 5.73 Å². The predicted octanol–water partition coefficient (Wildman–Crippen LogP) is 3.87. The molecule has 2 N–H and O–H groups in total. The first kappa shape index (κ1) is 15.4. The highest BCUT2D eigenvalue weighted by atomic mass is 32.1. The minimum atomic E-state index is -0.154. The lowest BCUT2D eigenvalue weighted by Crippen LogP contribution is -2.16. The van der Waals surface area contributed by atoms with Crippen molar-refractivity contribution in [1.82, 2.24) is 4.57 Å². The van der Waals surface area contributed by atoms with E-state index in [9.17, 15) is 9.59 Å². The third kappa shape index (κ3) is 2.55. The fraction of sp³-hybridized carbons (Fsp3) is 0. The lowest BCUT2D eigenvalue weighted by Gasteiger charge is -2.07. The second-order valence-electron chi connectivity index (χ2n) is 5.60. The van der Waals surface area contributed by atoms with Gasteiger partial charge in [-0.05, 0) is 18.2 Å². The van der Waals surface area contributed by atoms with E-state index in [4.69, 9.17) is 5.73 Å². The van der Waals surface area contributed by atoms with Crippen LogP contribution in [0.25, 0.3) is 15.9 Å². The zero-order valence-corrected chi connectivity index (χ0v) is 14.0. The van der Waals surface area contributed by atoms with Gasteiger partial charge in [0.2, 0.25) is 0 Å². The SMILES string of the molecule is Nc1sc2c(ccc(=O)n2-c2ccccc2)c1C(=O)c1ccccc1. The summed E-state index contributed by atoms with van der Waals surface area (Å²) >= 11 is 1.26. The second-order valence-corrected chi connectivity index (χ2v) is 6.63. The van der Waals surface area contributed by atoms with Crippen LogP contribution in [0, 0.1) is 0 Å². The molecular formula is C20H14N2O2S. The number of carbonyl (C=O) groups is 1. The van der Waals surface area contributed by atoms with Crippen molar-refractivity contribution < 1.29 is 4.79 Å². The van der Waals surface area contributed by atoms with Gasteiger partial charge in [-0.15, -0.1) is 0 Å². The number of benzene rings is 2. The van der Waals surface area contributed by atoms with Crippen LogP contribution in [-0.2, 0) is 0 Å². The number of anilines is 1. The number of nitrogen functional groups attached to an aromatic ring is 1. The van der Waals surface area contributed by atoms with Crippen molar-refractivity contribution in [3.05, 3.63) is 94.3 Å². The molecule has 0 aliphatic carbocycles. The quantitative estimate of drug-likeness (QED) is 0.573. The fourth-order valence-corrected chi connectivity index (χ4v) is 3.97. The molecule has 2 aromatic carbocycles. The average molecular weight is 346 g/mol. The number of para-hydroxylation sites is 1. The molecule has 0 aliphatic rings. The Morgan fingerprint density at radius 3 is 2.20 bits per heavy atom. The van der Waals surface area contributed by atoms with Gasteiger partial charge >= 0.3 is 0 Å². The Balaban J connectivity index is 1.99. The Hall–Kier alpha value is -3.18. The summed E-state index contributed by atoms with van der Waals surface area (Å²) in [7, 11) is 0. The summed E-state index contributed by atoms with van der Waals surface area (Å²) in [5.41, 5.74) is 7.79. The van der Waals surface area contributed by atoms with E-state index in [0.717, 1.165) is 5.69 Å². The van der Waals surface area contributed by atoms with Crippen LogP contribution in [0.1, 0.15) is 15.9 Å². The number of aromatic nitrogens is 1. The molecule has 2 heterocycles. The third-order valence-corrected chi connectivity index (χ3v) is 5.07. The van der Waals surface area contributed by atoms with E-state index in [1.165, 1.54) is 17.4 Å². The molecule has 122 valence electrons. The molecule has 4 rings (SSSR count). The van der Waals surface area contributed by atoms with Crippen LogP contribution in [0.15, 0.2) is 77.6 Å². The number of pyridine rings is 1. The zero-order chi connectivity index (χ0) is 17.4. The van der Waals surface area contributed by atoms with E-state index in [0.29, 0.717) is 26.3 Å². The maximum absolute atomic E-state index is 12.9. The molecule has 0 aliphatic heterocycles. The summed E-state index contributed by atoms with van der Waals surface area (Å²) < 4.78 is 1.60. The fourth-order valence-electron chi connectivity index (χ4n) is 2.89. The minimum absolute atomic E-state index is 0.136. The normalized spacial score (nSPS) is 10.9. The van der Waals surface area contributed by atoms with Crippen LogP contribution >= 0.6 is 11.3 Å². The molecule has 0 atom stereocenters. The number of hydrogen-bond acceptors (Lipinski definition) is 4. The number of nitrogens with two attached hydrogens (primary N) is 1. The summed E-state index contributed by atoms with van der Waals surface area (Å²) in [5.74, 6) is -0.136. The Bertz CT molecular complexity index is 1130. The summed E-state index contributed by atoms with van der Waals surface area (Å²) in [5, 5.41) is 1.11. The molecular weight excluding hydrogens is 332 g/mol. The standard InChI is InChI=1S/C20H14N2O2S/c21-19-17(18(24)13-7-3-1-4-8-13)15-11-12-16(23)22(20(15)25-19)14-9-5-2-6-10-14/h1-12H,21H2. The van der Waals surface area contributed by atoms with Gasteiger partial charge in [-0.1, -0.05) is 59.9 Å². The first-order valence-electron chi connectivity index (χ1n) is 7.76. The van der Waals surface area contributed by atoms with Crippen LogP contribution in [0.5, 0.6) is 0 Å². The third-order valence-electron chi connectivity index (χ3n) is 4.05. The van der Waals surface area contributed by atoms with Crippen molar-refractivity contribution in [2.24, 2.45) is 0 Å². The number of ketones is 1. The number of fused-ring (bicyclic) bond motifs is 1. The summed E-state index contributed by atoms with van der Waals surface area (Å²) in [6, 6.07) is 21.5. The van der Waals surface area contributed by atoms with Gasteiger partial charge in [-0.25, -0.2) is 0 Å². The maximum atomic E-state index is 12.9. The maximum Gasteiger partial charge on any atom is 0.256 e. The molecule has 2 aromatic heterocycles. The van der Waals surface area contributed by atoms with Crippen molar-refractivity contribution in [3.8, 4) is 5.69 Å². The Labute approximate surface area is 147 Å². The molecule has 0 spiro atoms. The highest BCUT2D eigenvalue weighted by Crippen LogP contribution is 2.35. The summed E-state index contributed by atoms with van der Waals surface area (Å²) in [6.45, 7) is 0. The first-order chi connectivity index (χ1) is 12.2. The highest BCUT2D eigenvalue weighted by Gasteiger charge is 2.21. The zero-order valence-electron chi connectivity index (χ0n) is 13.2. The van der Waals surface area contributed by atoms with Gasteiger partial charge in [0.1, 0.15) is 4.83 Å². The number of hydrogen-bond donors (Lipinski definition) is 1. The van der Waals surface area contributed by atoms with Gasteiger partial charge in [0.05, 0.1) is 16.3 Å². The van der Waals surface area contributed by atoms with Gasteiger partial charge in [-0.3, -0.25) is 14.2 Å². The molecule has 0 saturated carbocycles. The van der Waals surface area contributed by atoms with Crippen molar-refractivity contribution in [3.63, 3.8) is 0 Å². The van der Waals surface area contributed by atoms with Crippen LogP contribution in [0.4, 0.5) is 5.00 Å². The topological polar surface area (TPSA) is 65.1 Å². The molecule has 0 amide bonds. The van der Waals surface area contributed by atoms with E-state index in [2.05, 4.69) is 0 Å². The van der Waals surface area contributed by atoms with Crippen LogP contribution < -0.4 is 11.3 Å². The number of rotatable bonds is 3. The molecule has 0 unspecified atom stereocenters. The van der Waals surface area contributed by atoms with E-state index < -0.39 is 0 Å². The van der Waals surface area contributed by atoms with Crippen LogP contribution in [0.3, 0.4) is 0 Å². The van der Waals surface area contributed by atoms with E-state index in [-0.39, 0.29) is 11.3 Å². The first-order valence-corrected chi connectivity index (χ1v) is 8.57. The minimum Gasteiger partial charge on any atom is -0.390 e. The average Bonchev–Trinajstić information content (AvgIpc) is 2.98. The lowest BCUT2D eigenvalue weighted by molar-refractivity contribution is 0.104. The van der Waals surface area contributed by atoms with Crippen molar-refractivity contribution in [2.75, 3.05) is 5.73 Å². The molecule has 5 heteroatoms. The molecule has 0 radical (unpaired) electrons. The van der Waals surface area contributed by atoms with Crippen molar-refractivity contribution in [2.45, 2.75) is 0 Å². The van der Waals surface area contributed by atoms with Crippen molar-refractivity contribution >= 4 is 32.3 Å². The Morgan fingerprint density at radius 1 is 0.880 bits per heavy atom. The smallest absolute Gasteiger partial charge is 0.256 e.